The Labute approximate surface area is 327 Å². The molecule has 9 rings (SSSR count). The van der Waals surface area contributed by atoms with Crippen LogP contribution in [0, 0.1) is 47.0 Å². The van der Waals surface area contributed by atoms with E-state index in [0.29, 0.717) is 43.7 Å². The summed E-state index contributed by atoms with van der Waals surface area (Å²) in [5.74, 6) is 10.6. The van der Waals surface area contributed by atoms with E-state index in [1.54, 1.807) is 0 Å². The lowest BCUT2D eigenvalue weighted by molar-refractivity contribution is -0.122. The van der Waals surface area contributed by atoms with Crippen LogP contribution in [0.4, 0.5) is 0 Å². The number of ether oxygens (including phenoxy) is 2. The van der Waals surface area contributed by atoms with Gasteiger partial charge in [0.2, 0.25) is 0 Å². The molecule has 10 nitrogen and oxygen atoms in total. The van der Waals surface area contributed by atoms with Crippen LogP contribution in [0.2, 0.25) is 0 Å². The molecule has 5 heterocycles. The Hall–Kier alpha value is -4.97. The van der Waals surface area contributed by atoms with Gasteiger partial charge in [0.15, 0.2) is 17.7 Å². The zero-order chi connectivity index (χ0) is 38.6. The Balaban J connectivity index is 1.05. The molecule has 8 atom stereocenters. The van der Waals surface area contributed by atoms with Crippen LogP contribution < -0.4 is 15.2 Å². The number of aliphatic imine (C=N–C) groups is 2. The number of benzene rings is 2. The van der Waals surface area contributed by atoms with Crippen molar-refractivity contribution in [1.29, 1.82) is 0 Å². The van der Waals surface area contributed by atoms with Crippen LogP contribution in [0.5, 0.6) is 11.5 Å². The first-order valence-corrected chi connectivity index (χ1v) is 20.1. The minimum atomic E-state index is -1.05. The number of ketones is 1. The average Bonchev–Trinajstić information content (AvgIpc) is 3.92. The van der Waals surface area contributed by atoms with Crippen molar-refractivity contribution < 1.29 is 29.6 Å². The summed E-state index contributed by atoms with van der Waals surface area (Å²) < 4.78 is 13.2. The maximum Gasteiger partial charge on any atom is 0.187 e. The summed E-state index contributed by atoms with van der Waals surface area (Å²) in [6.45, 7) is 2.60. The summed E-state index contributed by atoms with van der Waals surface area (Å²) in [6.07, 6.45) is 15.1. The van der Waals surface area contributed by atoms with Crippen molar-refractivity contribution in [2.24, 2.45) is 38.9 Å². The summed E-state index contributed by atoms with van der Waals surface area (Å²) in [4.78, 5) is 24.6. The van der Waals surface area contributed by atoms with E-state index in [1.165, 1.54) is 0 Å². The van der Waals surface area contributed by atoms with E-state index in [9.17, 15) is 20.1 Å². The molecule has 5 aliphatic heterocycles. The average molecular weight is 753 g/mol. The largest absolute Gasteiger partial charge is 0.465 e. The van der Waals surface area contributed by atoms with Crippen LogP contribution in [-0.2, 0) is 24.1 Å². The van der Waals surface area contributed by atoms with Crippen LogP contribution in [0.3, 0.4) is 0 Å². The minimum Gasteiger partial charge on any atom is -0.465 e. The van der Waals surface area contributed by atoms with E-state index in [1.807, 2.05) is 61.8 Å². The van der Waals surface area contributed by atoms with E-state index < -0.39 is 48.0 Å². The number of aliphatic hydroxyl groups excluding tert-OH is 3. The van der Waals surface area contributed by atoms with Gasteiger partial charge in [-0.15, -0.1) is 0 Å². The molecule has 1 saturated carbocycles. The fourth-order valence-electron chi connectivity index (χ4n) is 9.68. The molecule has 56 heavy (non-hydrogen) atoms. The number of fused-ring (bicyclic) bond motifs is 8. The molecule has 288 valence electrons. The number of rotatable bonds is 6. The predicted octanol–water partition coefficient (Wildman–Crippen LogP) is 5.16. The number of allylic oxidation sites excluding steroid dienone is 2. The van der Waals surface area contributed by atoms with Crippen molar-refractivity contribution in [3.63, 3.8) is 0 Å². The van der Waals surface area contributed by atoms with Gasteiger partial charge in [-0.1, -0.05) is 67.9 Å². The number of hydrogen-bond donors (Lipinski definition) is 4. The zero-order valence-corrected chi connectivity index (χ0v) is 31.7. The first-order valence-electron chi connectivity index (χ1n) is 20.1. The topological polar surface area (TPSA) is 150 Å². The molecule has 5 N–H and O–H groups in total. The smallest absolute Gasteiger partial charge is 0.187 e. The highest BCUT2D eigenvalue weighted by molar-refractivity contribution is 5.88. The van der Waals surface area contributed by atoms with Gasteiger partial charge in [-0.2, -0.15) is 0 Å². The third-order valence-corrected chi connectivity index (χ3v) is 12.8. The molecule has 2 bridgehead atoms. The summed E-state index contributed by atoms with van der Waals surface area (Å²) >= 11 is 0. The van der Waals surface area contributed by atoms with Crippen molar-refractivity contribution in [2.75, 3.05) is 6.54 Å². The third-order valence-electron chi connectivity index (χ3n) is 12.8. The van der Waals surface area contributed by atoms with Gasteiger partial charge in [0.1, 0.15) is 24.2 Å². The highest BCUT2D eigenvalue weighted by Gasteiger charge is 2.48. The van der Waals surface area contributed by atoms with E-state index in [-0.39, 0.29) is 24.5 Å². The Morgan fingerprint density at radius 2 is 1.93 bits per heavy atom. The number of nitrogens with zero attached hydrogens (tertiary/aromatic N) is 3. The molecule has 2 aromatic rings. The summed E-state index contributed by atoms with van der Waals surface area (Å²) in [7, 11) is 0. The second kappa shape index (κ2) is 14.8. The van der Waals surface area contributed by atoms with E-state index >= 15 is 0 Å². The molecule has 0 radical (unpaired) electrons. The van der Waals surface area contributed by atoms with Crippen molar-refractivity contribution in [3.05, 3.63) is 93.3 Å². The summed E-state index contributed by atoms with van der Waals surface area (Å²) in [5, 5.41) is 33.2. The van der Waals surface area contributed by atoms with E-state index in [4.69, 9.17) is 20.2 Å². The molecular weight excluding hydrogens is 705 g/mol. The molecule has 7 aliphatic rings. The monoisotopic (exact) mass is 752 g/mol. The second-order valence-corrected chi connectivity index (χ2v) is 16.5. The van der Waals surface area contributed by atoms with Crippen molar-refractivity contribution in [2.45, 2.75) is 102 Å². The van der Waals surface area contributed by atoms with Crippen LogP contribution in [0.15, 0.2) is 75.5 Å². The lowest BCUT2D eigenvalue weighted by Crippen LogP contribution is -2.47. The van der Waals surface area contributed by atoms with Gasteiger partial charge in [0.05, 0.1) is 29.2 Å². The normalized spacial score (nSPS) is 29.6. The van der Waals surface area contributed by atoms with Crippen molar-refractivity contribution in [1.82, 2.24) is 4.90 Å². The number of aryl methyl sites for hydroxylation is 1. The molecule has 10 heteroatoms. The van der Waals surface area contributed by atoms with Gasteiger partial charge >= 0.3 is 0 Å². The number of nitrogens with two attached hydrogens (primary N) is 1. The van der Waals surface area contributed by atoms with Crippen molar-refractivity contribution in [3.8, 4) is 35.4 Å². The third kappa shape index (κ3) is 6.79. The van der Waals surface area contributed by atoms with Crippen LogP contribution in [0.25, 0.3) is 0 Å². The minimum absolute atomic E-state index is 0.0182. The number of carbonyl (C=O) groups excluding carboxylic acids is 1. The van der Waals surface area contributed by atoms with Crippen LogP contribution in [0.1, 0.15) is 92.0 Å². The summed E-state index contributed by atoms with van der Waals surface area (Å²) in [5.41, 5.74) is 13.7. The van der Waals surface area contributed by atoms with Crippen LogP contribution >= 0.6 is 0 Å². The Bertz CT molecular complexity index is 2230. The molecule has 0 amide bonds. The van der Waals surface area contributed by atoms with E-state index in [2.05, 4.69) is 40.0 Å². The number of Topliss-reactive ketones (excluding diaryl/α,β-unsaturated/α-hetero) is 1. The SMILES string of the molecule is CC1C=CC(C(O)CC(=O)CCc2ccc3c(c2)OC2C(C#CC(O)c4ccc5c(c4CC4=C6CN2C=C6N=C4)CC=NC5N)C2(C#CO3)CCCC2)C(O)C1. The second-order valence-electron chi connectivity index (χ2n) is 16.5. The fraction of sp³-hybridized carbons (Fsp3) is 0.457. The van der Waals surface area contributed by atoms with Gasteiger partial charge in [-0.05, 0) is 77.1 Å². The molecule has 0 aromatic heterocycles. The molecule has 1 spiro atoms. The Morgan fingerprint density at radius 1 is 1.09 bits per heavy atom. The molecule has 0 saturated heterocycles. The number of hydrogen-bond acceptors (Lipinski definition) is 10. The maximum absolute atomic E-state index is 13.1. The number of aliphatic hydroxyl groups is 3. The summed E-state index contributed by atoms with van der Waals surface area (Å²) in [6, 6.07) is 9.60. The molecule has 1 fully saturated rings. The van der Waals surface area contributed by atoms with Gasteiger partial charge in [0.25, 0.3) is 0 Å². The molecule has 8 unspecified atom stereocenters. The van der Waals surface area contributed by atoms with Gasteiger partial charge in [0, 0.05) is 62.3 Å². The standard InChI is InChI=1S/C46H48N4O6/c1-27-4-8-34(40(53)20-27)41(54)23-30(51)7-5-28-6-13-42-43(21-28)56-45-37(46(17-19-55-42)15-2-3-16-46)11-12-39(52)32-9-10-33-31(14-18-48-44(33)47)35(32)22-29-24-49-38-26-50(45)25-36(29)38/h4,6,8-10,13,18,21,24,26-27,34,37,39-41,44-45,52-54H,2-3,5,7,14-16,20,22-23,25,47H2,1H3. The van der Waals surface area contributed by atoms with Gasteiger partial charge < -0.3 is 35.4 Å². The van der Waals surface area contributed by atoms with E-state index in [0.717, 1.165) is 70.3 Å². The highest BCUT2D eigenvalue weighted by atomic mass is 16.5. The predicted molar refractivity (Wildman–Crippen MR) is 212 cm³/mol. The lowest BCUT2D eigenvalue weighted by atomic mass is 9.73. The highest BCUT2D eigenvalue weighted by Crippen LogP contribution is 2.49. The van der Waals surface area contributed by atoms with Gasteiger partial charge in [-0.3, -0.25) is 14.8 Å². The Morgan fingerprint density at radius 3 is 2.77 bits per heavy atom. The van der Waals surface area contributed by atoms with Gasteiger partial charge in [-0.25, -0.2) is 0 Å². The lowest BCUT2D eigenvalue weighted by Gasteiger charge is -2.39. The molecular formula is C46H48N4O6. The zero-order valence-electron chi connectivity index (χ0n) is 31.7. The first-order chi connectivity index (χ1) is 27.2. The first kappa shape index (κ1) is 36.7. The molecule has 2 aliphatic carbocycles. The molecule has 2 aromatic carbocycles. The number of carbonyl (C=O) groups is 1. The quantitative estimate of drug-likeness (QED) is 0.234. The fourth-order valence-corrected chi connectivity index (χ4v) is 9.68. The van der Waals surface area contributed by atoms with Crippen LogP contribution in [-0.4, -0.2) is 63.4 Å². The Kier molecular flexibility index (Phi) is 9.71. The maximum atomic E-state index is 13.1. The van der Waals surface area contributed by atoms with Crippen molar-refractivity contribution >= 4 is 18.2 Å².